The number of nitrogens with zero attached hydrogens (tertiary/aromatic N) is 2. The quantitative estimate of drug-likeness (QED) is 0.250. The van der Waals surface area contributed by atoms with Crippen molar-refractivity contribution in [3.8, 4) is 11.1 Å². The summed E-state index contributed by atoms with van der Waals surface area (Å²) in [6, 6.07) is 8.80. The Hall–Kier alpha value is -3.67. The second-order valence-corrected chi connectivity index (χ2v) is 12.0. The maximum atomic E-state index is 16.0. The molecule has 3 N–H and O–H groups in total. The van der Waals surface area contributed by atoms with Crippen LogP contribution in [0.5, 0.6) is 0 Å². The van der Waals surface area contributed by atoms with Crippen LogP contribution in [0.3, 0.4) is 0 Å². The van der Waals surface area contributed by atoms with Crippen molar-refractivity contribution in [2.24, 2.45) is 11.7 Å². The summed E-state index contributed by atoms with van der Waals surface area (Å²) in [6.45, 7) is 4.78. The number of benzene rings is 2. The van der Waals surface area contributed by atoms with Crippen LogP contribution in [-0.4, -0.2) is 41.9 Å². The van der Waals surface area contributed by atoms with Crippen LogP contribution < -0.4 is 10.0 Å². The van der Waals surface area contributed by atoms with Crippen molar-refractivity contribution in [2.75, 3.05) is 10.1 Å². The van der Waals surface area contributed by atoms with Crippen molar-refractivity contribution in [2.45, 2.75) is 33.2 Å². The SMILES string of the molecule is CCCS(=O)(=O)N(C(=O)C(N)C(C)C)c1ccc(F)c(C(=O)c2c[nH]c3ncc(-c4ccc(Cl)cc4)cc23)c1F. The largest absolute Gasteiger partial charge is 0.345 e. The van der Waals surface area contributed by atoms with Crippen LogP contribution in [0.25, 0.3) is 22.2 Å². The van der Waals surface area contributed by atoms with E-state index in [1.807, 2.05) is 0 Å². The van der Waals surface area contributed by atoms with Crippen molar-refractivity contribution >= 4 is 50.0 Å². The van der Waals surface area contributed by atoms with Gasteiger partial charge < -0.3 is 10.7 Å². The smallest absolute Gasteiger partial charge is 0.257 e. The predicted octanol–water partition coefficient (Wildman–Crippen LogP) is 5.45. The summed E-state index contributed by atoms with van der Waals surface area (Å²) in [5.74, 6) is -5.85. The molecule has 0 saturated heterocycles. The highest BCUT2D eigenvalue weighted by atomic mass is 35.5. The average Bonchev–Trinajstić information content (AvgIpc) is 3.33. The number of sulfonamides is 1. The summed E-state index contributed by atoms with van der Waals surface area (Å²) < 4.78 is 57.5. The molecule has 1 atom stereocenters. The van der Waals surface area contributed by atoms with Gasteiger partial charge in [-0.15, -0.1) is 0 Å². The third-order valence-electron chi connectivity index (χ3n) is 6.41. The van der Waals surface area contributed by atoms with E-state index in [0.717, 1.165) is 17.7 Å². The third-order valence-corrected chi connectivity index (χ3v) is 8.52. The van der Waals surface area contributed by atoms with Gasteiger partial charge in [-0.1, -0.05) is 44.5 Å². The van der Waals surface area contributed by atoms with E-state index in [9.17, 15) is 18.0 Å². The number of aromatic amines is 1. The molecule has 2 aromatic carbocycles. The summed E-state index contributed by atoms with van der Waals surface area (Å²) in [4.78, 5) is 33.9. The molecule has 0 bridgehead atoms. The third kappa shape index (κ3) is 5.49. The number of anilines is 1. The van der Waals surface area contributed by atoms with E-state index in [0.29, 0.717) is 16.2 Å². The van der Waals surface area contributed by atoms with Gasteiger partial charge in [-0.2, -0.15) is 0 Å². The molecule has 0 saturated carbocycles. The van der Waals surface area contributed by atoms with Gasteiger partial charge in [0.15, 0.2) is 5.82 Å². The van der Waals surface area contributed by atoms with Crippen molar-refractivity contribution in [1.29, 1.82) is 0 Å². The number of carbonyl (C=O) groups excluding carboxylic acids is 2. The van der Waals surface area contributed by atoms with Crippen LogP contribution >= 0.6 is 11.6 Å². The van der Waals surface area contributed by atoms with E-state index in [1.165, 1.54) is 6.20 Å². The number of halogens is 3. The van der Waals surface area contributed by atoms with E-state index >= 15 is 8.78 Å². The van der Waals surface area contributed by atoms with Crippen LogP contribution in [-0.2, 0) is 14.8 Å². The number of hydrogen-bond donors (Lipinski definition) is 2. The lowest BCUT2D eigenvalue weighted by Crippen LogP contribution is -2.50. The minimum atomic E-state index is -4.40. The first kappa shape index (κ1) is 29.3. The summed E-state index contributed by atoms with van der Waals surface area (Å²) in [6.07, 6.45) is 2.96. The van der Waals surface area contributed by atoms with E-state index in [2.05, 4.69) is 9.97 Å². The number of carbonyl (C=O) groups is 2. The first-order chi connectivity index (χ1) is 18.9. The van der Waals surface area contributed by atoms with Crippen LogP contribution in [0, 0.1) is 17.6 Å². The Labute approximate surface area is 235 Å². The number of ketones is 1. The first-order valence-electron chi connectivity index (χ1n) is 12.5. The monoisotopic (exact) mass is 588 g/mol. The molecule has 1 amide bonds. The van der Waals surface area contributed by atoms with Crippen molar-refractivity contribution in [1.82, 2.24) is 9.97 Å². The molecular weight excluding hydrogens is 562 g/mol. The highest BCUT2D eigenvalue weighted by molar-refractivity contribution is 7.93. The van der Waals surface area contributed by atoms with Gasteiger partial charge in [0.05, 0.1) is 23.0 Å². The van der Waals surface area contributed by atoms with Crippen LogP contribution in [0.2, 0.25) is 5.02 Å². The topological polar surface area (TPSA) is 126 Å². The molecule has 2 heterocycles. The Morgan fingerprint density at radius 1 is 1.10 bits per heavy atom. The fraction of sp³-hybridized carbons (Fsp3) is 0.250. The van der Waals surface area contributed by atoms with Crippen LogP contribution in [0.4, 0.5) is 14.5 Å². The van der Waals surface area contributed by atoms with Crippen LogP contribution in [0.15, 0.2) is 54.9 Å². The summed E-state index contributed by atoms with van der Waals surface area (Å²) in [5.41, 5.74) is 5.71. The molecule has 40 heavy (non-hydrogen) atoms. The van der Waals surface area contributed by atoms with E-state index < -0.39 is 62.3 Å². The molecule has 0 spiro atoms. The number of amides is 1. The fourth-order valence-corrected chi connectivity index (χ4v) is 5.87. The lowest BCUT2D eigenvalue weighted by atomic mass is 9.99. The second kappa shape index (κ2) is 11.4. The Balaban J connectivity index is 1.86. The zero-order valence-electron chi connectivity index (χ0n) is 21.9. The molecule has 210 valence electrons. The highest BCUT2D eigenvalue weighted by Crippen LogP contribution is 2.32. The molecule has 0 aliphatic carbocycles. The highest BCUT2D eigenvalue weighted by Gasteiger charge is 2.37. The maximum absolute atomic E-state index is 16.0. The van der Waals surface area contributed by atoms with Gasteiger partial charge >= 0.3 is 0 Å². The van der Waals surface area contributed by atoms with Gasteiger partial charge in [-0.25, -0.2) is 26.5 Å². The zero-order chi connectivity index (χ0) is 29.4. The molecule has 0 fully saturated rings. The van der Waals surface area contributed by atoms with Crippen molar-refractivity contribution < 1.29 is 26.8 Å². The predicted molar refractivity (Wildman–Crippen MR) is 151 cm³/mol. The molecule has 0 aliphatic heterocycles. The minimum Gasteiger partial charge on any atom is -0.345 e. The van der Waals surface area contributed by atoms with Gasteiger partial charge in [0.1, 0.15) is 11.5 Å². The molecule has 4 rings (SSSR count). The Morgan fingerprint density at radius 3 is 2.40 bits per heavy atom. The van der Waals surface area contributed by atoms with E-state index in [1.54, 1.807) is 57.3 Å². The summed E-state index contributed by atoms with van der Waals surface area (Å²) >= 11 is 5.97. The molecule has 12 heteroatoms. The maximum Gasteiger partial charge on any atom is 0.257 e. The lowest BCUT2D eigenvalue weighted by Gasteiger charge is -2.27. The van der Waals surface area contributed by atoms with Crippen LogP contribution in [0.1, 0.15) is 43.1 Å². The Kier molecular flexibility index (Phi) is 8.38. The minimum absolute atomic E-state index is 0.0959. The molecule has 0 radical (unpaired) electrons. The average molecular weight is 589 g/mol. The summed E-state index contributed by atoms with van der Waals surface area (Å²) in [5, 5.41) is 0.818. The molecule has 1 unspecified atom stereocenters. The first-order valence-corrected chi connectivity index (χ1v) is 14.4. The molecule has 2 aromatic heterocycles. The molecular formula is C28H27ClF2N4O4S. The van der Waals surface area contributed by atoms with E-state index in [-0.39, 0.29) is 21.7 Å². The number of pyridine rings is 1. The number of fused-ring (bicyclic) bond motifs is 1. The number of H-pyrrole nitrogens is 1. The van der Waals surface area contributed by atoms with Crippen molar-refractivity contribution in [3.05, 3.63) is 82.6 Å². The van der Waals surface area contributed by atoms with Gasteiger partial charge in [0.25, 0.3) is 5.91 Å². The van der Waals surface area contributed by atoms with Gasteiger partial charge in [0.2, 0.25) is 15.8 Å². The number of nitrogens with two attached hydrogens (primary N) is 1. The zero-order valence-corrected chi connectivity index (χ0v) is 23.5. The number of nitrogens with one attached hydrogen (secondary N) is 1. The fourth-order valence-electron chi connectivity index (χ4n) is 4.21. The summed E-state index contributed by atoms with van der Waals surface area (Å²) in [7, 11) is -4.40. The standard InChI is InChI=1S/C28H27ClF2N4O4S/c1-4-11-40(38,39)35(28(37)25(32)15(2)3)22-10-9-21(30)23(24(22)31)26(36)20-14-34-27-19(20)12-17(13-33-27)16-5-7-18(29)8-6-16/h5-10,12-15,25H,4,11,32H2,1-3H3,(H,33,34). The molecule has 8 nitrogen and oxygen atoms in total. The number of aromatic nitrogens is 2. The Bertz CT molecular complexity index is 1710. The lowest BCUT2D eigenvalue weighted by molar-refractivity contribution is -0.119. The van der Waals surface area contributed by atoms with Gasteiger partial charge in [0, 0.05) is 33.9 Å². The van der Waals surface area contributed by atoms with Gasteiger partial charge in [-0.3, -0.25) is 9.59 Å². The van der Waals surface area contributed by atoms with E-state index in [4.69, 9.17) is 17.3 Å². The van der Waals surface area contributed by atoms with Crippen molar-refractivity contribution in [3.63, 3.8) is 0 Å². The number of hydrogen-bond acceptors (Lipinski definition) is 6. The second-order valence-electron chi connectivity index (χ2n) is 9.60. The number of rotatable bonds is 9. The van der Waals surface area contributed by atoms with Gasteiger partial charge in [-0.05, 0) is 48.2 Å². The Morgan fingerprint density at radius 2 is 1.77 bits per heavy atom. The molecule has 4 aromatic rings. The normalized spacial score (nSPS) is 12.6. The molecule has 0 aliphatic rings.